The van der Waals surface area contributed by atoms with Crippen LogP contribution in [-0.4, -0.2) is 37.4 Å². The third kappa shape index (κ3) is 5.30. The average Bonchev–Trinajstić information content (AvgIpc) is 3.23. The fourth-order valence-corrected chi connectivity index (χ4v) is 1.68. The van der Waals surface area contributed by atoms with E-state index in [0.29, 0.717) is 0 Å². The third-order valence-corrected chi connectivity index (χ3v) is 2.82. The van der Waals surface area contributed by atoms with Crippen molar-refractivity contribution in [1.82, 2.24) is 0 Å². The van der Waals surface area contributed by atoms with Gasteiger partial charge < -0.3 is 23.0 Å². The highest BCUT2D eigenvalue weighted by atomic mass is 16.6. The zero-order chi connectivity index (χ0) is 16.7. The molecule has 2 atom stereocenters. The molecule has 0 fully saturated rings. The maximum atomic E-state index is 11.7. The second-order valence-electron chi connectivity index (χ2n) is 4.91. The van der Waals surface area contributed by atoms with Crippen LogP contribution in [0.5, 0.6) is 0 Å². The Bertz CT molecular complexity index is 600. The molecule has 0 saturated carbocycles. The zero-order valence-electron chi connectivity index (χ0n) is 12.9. The highest BCUT2D eigenvalue weighted by Crippen LogP contribution is 2.07. The van der Waals surface area contributed by atoms with Crippen LogP contribution in [0, 0.1) is 0 Å². The fraction of sp³-hybridized carbons (Fsp3) is 0.375. The van der Waals surface area contributed by atoms with Gasteiger partial charge in [-0.05, 0) is 38.1 Å². The zero-order valence-corrected chi connectivity index (χ0v) is 12.9. The van der Waals surface area contributed by atoms with Crippen LogP contribution in [0.2, 0.25) is 0 Å². The largest absolute Gasteiger partial charge is 0.457 e. The first kappa shape index (κ1) is 16.8. The van der Waals surface area contributed by atoms with Gasteiger partial charge in [-0.15, -0.1) is 0 Å². The molecular weight excluding hydrogens is 304 g/mol. The Hall–Kier alpha value is -2.54. The van der Waals surface area contributed by atoms with Gasteiger partial charge in [0.2, 0.25) is 11.5 Å². The number of rotatable bonds is 8. The van der Waals surface area contributed by atoms with Gasteiger partial charge in [0.1, 0.15) is 12.7 Å². The van der Waals surface area contributed by atoms with Crippen LogP contribution in [0.3, 0.4) is 0 Å². The molecule has 124 valence electrons. The van der Waals surface area contributed by atoms with Gasteiger partial charge in [-0.3, -0.25) is 0 Å². The van der Waals surface area contributed by atoms with Crippen molar-refractivity contribution in [3.63, 3.8) is 0 Å². The maximum absolute atomic E-state index is 11.7. The molecule has 0 N–H and O–H groups in total. The average molecular weight is 322 g/mol. The van der Waals surface area contributed by atoms with E-state index >= 15 is 0 Å². The summed E-state index contributed by atoms with van der Waals surface area (Å²) in [6.45, 7) is 3.68. The van der Waals surface area contributed by atoms with Gasteiger partial charge >= 0.3 is 11.9 Å². The number of carbonyl (C=O) groups excluding carboxylic acids is 2. The summed E-state index contributed by atoms with van der Waals surface area (Å²) in [5.74, 6) is -0.832. The van der Waals surface area contributed by atoms with E-state index in [1.54, 1.807) is 26.0 Å². The molecule has 2 unspecified atom stereocenters. The van der Waals surface area contributed by atoms with Crippen molar-refractivity contribution < 1.29 is 32.6 Å². The summed E-state index contributed by atoms with van der Waals surface area (Å²) in [6, 6.07) is 6.25. The molecule has 2 aromatic rings. The summed E-state index contributed by atoms with van der Waals surface area (Å²) in [4.78, 5) is 23.2. The van der Waals surface area contributed by atoms with Crippen LogP contribution >= 0.6 is 0 Å². The molecule has 7 nitrogen and oxygen atoms in total. The van der Waals surface area contributed by atoms with Crippen molar-refractivity contribution in [1.29, 1.82) is 0 Å². The van der Waals surface area contributed by atoms with Crippen molar-refractivity contribution in [2.75, 3.05) is 13.2 Å². The Morgan fingerprint density at radius 2 is 1.57 bits per heavy atom. The van der Waals surface area contributed by atoms with Gasteiger partial charge in [0.15, 0.2) is 0 Å². The summed E-state index contributed by atoms with van der Waals surface area (Å²) < 4.78 is 25.5. The summed E-state index contributed by atoms with van der Waals surface area (Å²) >= 11 is 0. The molecule has 0 spiro atoms. The van der Waals surface area contributed by atoms with Crippen molar-refractivity contribution in [3.8, 4) is 0 Å². The SMILES string of the molecule is CC(COC(=O)c1ccco1)OCC(C)OC(=O)c1ccco1. The second-order valence-corrected chi connectivity index (χ2v) is 4.91. The molecule has 2 heterocycles. The Kier molecular flexibility index (Phi) is 5.99. The lowest BCUT2D eigenvalue weighted by molar-refractivity contribution is -0.0395. The quantitative estimate of drug-likeness (QED) is 0.690. The number of hydrogen-bond acceptors (Lipinski definition) is 7. The van der Waals surface area contributed by atoms with E-state index in [1.165, 1.54) is 24.7 Å². The molecule has 0 bridgehead atoms. The minimum Gasteiger partial charge on any atom is -0.457 e. The highest BCUT2D eigenvalue weighted by Gasteiger charge is 2.17. The van der Waals surface area contributed by atoms with Crippen molar-refractivity contribution in [3.05, 3.63) is 48.3 Å². The monoisotopic (exact) mass is 322 g/mol. The molecule has 2 rings (SSSR count). The highest BCUT2D eigenvalue weighted by molar-refractivity contribution is 5.86. The van der Waals surface area contributed by atoms with Crippen LogP contribution in [0.4, 0.5) is 0 Å². The first-order valence-electron chi connectivity index (χ1n) is 7.13. The minimum absolute atomic E-state index is 0.0678. The molecule has 0 aromatic carbocycles. The molecule has 2 aromatic heterocycles. The van der Waals surface area contributed by atoms with Crippen molar-refractivity contribution >= 4 is 11.9 Å². The number of ether oxygens (including phenoxy) is 3. The Labute approximate surface area is 133 Å². The van der Waals surface area contributed by atoms with E-state index in [0.717, 1.165) is 0 Å². The van der Waals surface area contributed by atoms with Crippen LogP contribution in [-0.2, 0) is 14.2 Å². The smallest absolute Gasteiger partial charge is 0.374 e. The Morgan fingerprint density at radius 1 is 0.957 bits per heavy atom. The standard InChI is InChI=1S/C16H18O7/c1-11(9-22-15(17)13-5-3-7-19-13)21-10-12(2)23-16(18)14-6-4-8-20-14/h3-8,11-12H,9-10H2,1-2H3. The van der Waals surface area contributed by atoms with Gasteiger partial charge in [0.25, 0.3) is 0 Å². The first-order valence-corrected chi connectivity index (χ1v) is 7.13. The maximum Gasteiger partial charge on any atom is 0.374 e. The summed E-state index contributed by atoms with van der Waals surface area (Å²) in [5.41, 5.74) is 0. The summed E-state index contributed by atoms with van der Waals surface area (Å²) in [5, 5.41) is 0. The molecule has 0 radical (unpaired) electrons. The normalized spacial score (nSPS) is 13.3. The number of hydrogen-bond donors (Lipinski definition) is 0. The van der Waals surface area contributed by atoms with E-state index in [-0.39, 0.29) is 30.8 Å². The van der Waals surface area contributed by atoms with Gasteiger partial charge in [-0.1, -0.05) is 0 Å². The fourth-order valence-electron chi connectivity index (χ4n) is 1.68. The number of carbonyl (C=O) groups is 2. The van der Waals surface area contributed by atoms with E-state index in [4.69, 9.17) is 23.0 Å². The van der Waals surface area contributed by atoms with E-state index in [2.05, 4.69) is 0 Å². The molecule has 0 saturated heterocycles. The second kappa shape index (κ2) is 8.19. The van der Waals surface area contributed by atoms with Crippen LogP contribution < -0.4 is 0 Å². The lowest BCUT2D eigenvalue weighted by atomic mass is 10.4. The van der Waals surface area contributed by atoms with Gasteiger partial charge in [0, 0.05) is 0 Å². The van der Waals surface area contributed by atoms with Gasteiger partial charge in [-0.2, -0.15) is 0 Å². The molecule has 7 heteroatoms. The topological polar surface area (TPSA) is 88.1 Å². The van der Waals surface area contributed by atoms with Crippen molar-refractivity contribution in [2.24, 2.45) is 0 Å². The molecule has 0 aliphatic carbocycles. The molecule has 0 amide bonds. The minimum atomic E-state index is -0.553. The van der Waals surface area contributed by atoms with Crippen LogP contribution in [0.25, 0.3) is 0 Å². The molecule has 23 heavy (non-hydrogen) atoms. The summed E-state index contributed by atoms with van der Waals surface area (Å²) in [7, 11) is 0. The van der Waals surface area contributed by atoms with Gasteiger partial charge in [0.05, 0.1) is 25.2 Å². The van der Waals surface area contributed by atoms with Gasteiger partial charge in [-0.25, -0.2) is 9.59 Å². The lowest BCUT2D eigenvalue weighted by Crippen LogP contribution is -2.26. The van der Waals surface area contributed by atoms with E-state index in [1.807, 2.05) is 0 Å². The Morgan fingerprint density at radius 3 is 2.13 bits per heavy atom. The first-order chi connectivity index (χ1) is 11.1. The van der Waals surface area contributed by atoms with Crippen LogP contribution in [0.1, 0.15) is 35.0 Å². The molecule has 0 aliphatic heterocycles. The Balaban J connectivity index is 1.64. The van der Waals surface area contributed by atoms with Crippen LogP contribution in [0.15, 0.2) is 45.6 Å². The van der Waals surface area contributed by atoms with E-state index < -0.39 is 18.0 Å². The van der Waals surface area contributed by atoms with Crippen molar-refractivity contribution in [2.45, 2.75) is 26.1 Å². The summed E-state index contributed by atoms with van der Waals surface area (Å²) in [6.07, 6.45) is 1.98. The predicted octanol–water partition coefficient (Wildman–Crippen LogP) is 2.68. The molecule has 0 aliphatic rings. The predicted molar refractivity (Wildman–Crippen MR) is 78.0 cm³/mol. The third-order valence-electron chi connectivity index (χ3n) is 2.82. The number of furan rings is 2. The molecular formula is C16H18O7. The lowest BCUT2D eigenvalue weighted by Gasteiger charge is -2.17. The van der Waals surface area contributed by atoms with E-state index in [9.17, 15) is 9.59 Å². The number of esters is 2.